The van der Waals surface area contributed by atoms with Gasteiger partial charge >= 0.3 is 0 Å². The lowest BCUT2D eigenvalue weighted by Crippen LogP contribution is -1.83. The molecule has 1 heterocycles. The highest BCUT2D eigenvalue weighted by molar-refractivity contribution is 5.78. The Morgan fingerprint density at radius 1 is 1.05 bits per heavy atom. The highest BCUT2D eigenvalue weighted by Gasteiger charge is 1.93. The monoisotopic (exact) mass is 259 g/mol. The molecule has 2 rings (SSSR count). The van der Waals surface area contributed by atoms with Crippen molar-refractivity contribution in [3.63, 3.8) is 0 Å². The molecule has 0 atom stereocenters. The first-order valence-electron chi connectivity index (χ1n) is 7.51. The van der Waals surface area contributed by atoms with Gasteiger partial charge in [-0.15, -0.1) is 0 Å². The molecular formula is C18H29N. The van der Waals surface area contributed by atoms with Crippen LogP contribution in [0.15, 0.2) is 36.5 Å². The van der Waals surface area contributed by atoms with Gasteiger partial charge < -0.3 is 0 Å². The molecule has 0 aliphatic heterocycles. The molecule has 0 bridgehead atoms. The van der Waals surface area contributed by atoms with E-state index in [1.165, 1.54) is 17.4 Å². The maximum absolute atomic E-state index is 4.35. The summed E-state index contributed by atoms with van der Waals surface area (Å²) in [5.74, 6) is 0.884. The Balaban J connectivity index is 0.000000396. The van der Waals surface area contributed by atoms with Crippen molar-refractivity contribution in [3.8, 4) is 0 Å². The topological polar surface area (TPSA) is 12.9 Å². The number of rotatable bonds is 2. The third-order valence-corrected chi connectivity index (χ3v) is 2.87. The van der Waals surface area contributed by atoms with Crippen molar-refractivity contribution < 1.29 is 0 Å². The van der Waals surface area contributed by atoms with Crippen LogP contribution < -0.4 is 0 Å². The maximum Gasteiger partial charge on any atom is 0.0702 e. The molecule has 0 N–H and O–H groups in total. The summed E-state index contributed by atoms with van der Waals surface area (Å²) >= 11 is 0. The Morgan fingerprint density at radius 2 is 1.63 bits per heavy atom. The van der Waals surface area contributed by atoms with Gasteiger partial charge in [-0.3, -0.25) is 4.98 Å². The lowest BCUT2D eigenvalue weighted by atomic mass is 10.1. The second-order valence-electron chi connectivity index (χ2n) is 4.69. The van der Waals surface area contributed by atoms with E-state index in [9.17, 15) is 0 Å². The van der Waals surface area contributed by atoms with Crippen LogP contribution in [0.3, 0.4) is 0 Å². The van der Waals surface area contributed by atoms with Gasteiger partial charge in [-0.2, -0.15) is 0 Å². The van der Waals surface area contributed by atoms with Crippen LogP contribution in [0.5, 0.6) is 0 Å². The fraction of sp³-hybridized carbons (Fsp3) is 0.500. The minimum absolute atomic E-state index is 0.884. The van der Waals surface area contributed by atoms with Crippen molar-refractivity contribution in [2.24, 2.45) is 5.92 Å². The summed E-state index contributed by atoms with van der Waals surface area (Å²) in [4.78, 5) is 4.35. The third-order valence-electron chi connectivity index (χ3n) is 2.87. The summed E-state index contributed by atoms with van der Waals surface area (Å²) in [7, 11) is 0. The van der Waals surface area contributed by atoms with Gasteiger partial charge in [0.15, 0.2) is 0 Å². The Labute approximate surface area is 119 Å². The Kier molecular flexibility index (Phi) is 9.78. The second-order valence-corrected chi connectivity index (χ2v) is 4.69. The zero-order valence-corrected chi connectivity index (χ0v) is 13.4. The van der Waals surface area contributed by atoms with E-state index in [-0.39, 0.29) is 0 Å². The minimum atomic E-state index is 0.884. The zero-order valence-electron chi connectivity index (χ0n) is 13.4. The highest BCUT2D eigenvalue weighted by atomic mass is 14.6. The fourth-order valence-corrected chi connectivity index (χ4v) is 1.31. The summed E-state index contributed by atoms with van der Waals surface area (Å²) in [6.07, 6.45) is 4.31. The summed E-state index contributed by atoms with van der Waals surface area (Å²) in [5, 5.41) is 1.23. The van der Waals surface area contributed by atoms with E-state index in [0.29, 0.717) is 0 Å². The van der Waals surface area contributed by atoms with Crippen molar-refractivity contribution in [3.05, 3.63) is 42.1 Å². The maximum atomic E-state index is 4.35. The number of fused-ring (bicyclic) bond motifs is 1. The van der Waals surface area contributed by atoms with Crippen LogP contribution in [0.2, 0.25) is 0 Å². The van der Waals surface area contributed by atoms with Crippen molar-refractivity contribution in [1.29, 1.82) is 0 Å². The predicted molar refractivity (Wildman–Crippen MR) is 87.6 cm³/mol. The van der Waals surface area contributed by atoms with Crippen molar-refractivity contribution >= 4 is 10.9 Å². The first-order valence-corrected chi connectivity index (χ1v) is 7.51. The molecule has 106 valence electrons. The Bertz CT molecular complexity index is 446. The molecule has 0 radical (unpaired) electrons. The number of hydrogen-bond donors (Lipinski definition) is 0. The normalized spacial score (nSPS) is 9.42. The molecule has 1 aromatic carbocycles. The van der Waals surface area contributed by atoms with Gasteiger partial charge in [0.1, 0.15) is 0 Å². The highest BCUT2D eigenvalue weighted by Crippen LogP contribution is 2.12. The van der Waals surface area contributed by atoms with Crippen LogP contribution in [0.25, 0.3) is 10.9 Å². The van der Waals surface area contributed by atoms with Gasteiger partial charge in [0, 0.05) is 11.6 Å². The standard InChI is InChI=1S/C11H11N.C5H12.C2H6/c1-2-9-7-10-5-3-4-6-11(10)12-8-9;1-4-5(2)3;1-2/h3-8H,2H2,1H3;5H,4H2,1-3H3;1-2H3. The van der Waals surface area contributed by atoms with Gasteiger partial charge in [-0.1, -0.05) is 66.2 Å². The van der Waals surface area contributed by atoms with Crippen LogP contribution >= 0.6 is 0 Å². The van der Waals surface area contributed by atoms with E-state index in [1.54, 1.807) is 0 Å². The zero-order chi connectivity index (χ0) is 14.7. The molecule has 0 fully saturated rings. The molecule has 0 aliphatic rings. The summed E-state index contributed by atoms with van der Waals surface area (Å²) in [6, 6.07) is 10.4. The van der Waals surface area contributed by atoms with Crippen LogP contribution in [-0.2, 0) is 6.42 Å². The molecule has 2 aromatic rings. The van der Waals surface area contributed by atoms with E-state index in [4.69, 9.17) is 0 Å². The molecule has 1 aromatic heterocycles. The van der Waals surface area contributed by atoms with Gasteiger partial charge in [-0.05, 0) is 30.0 Å². The number of pyridine rings is 1. The van der Waals surface area contributed by atoms with E-state index in [1.807, 2.05) is 38.2 Å². The summed E-state index contributed by atoms with van der Waals surface area (Å²) < 4.78 is 0. The molecule has 19 heavy (non-hydrogen) atoms. The number of benzene rings is 1. The SMILES string of the molecule is CC.CCC(C)C.CCc1cnc2ccccc2c1. The molecule has 0 aliphatic carbocycles. The lowest BCUT2D eigenvalue weighted by molar-refractivity contribution is 0.626. The summed E-state index contributed by atoms with van der Waals surface area (Å²) in [5.41, 5.74) is 2.38. The van der Waals surface area contributed by atoms with Crippen molar-refractivity contribution in [1.82, 2.24) is 4.98 Å². The van der Waals surface area contributed by atoms with Crippen LogP contribution in [0.4, 0.5) is 0 Å². The Morgan fingerprint density at radius 3 is 2.16 bits per heavy atom. The van der Waals surface area contributed by atoms with Crippen molar-refractivity contribution in [2.75, 3.05) is 0 Å². The number of nitrogens with zero attached hydrogens (tertiary/aromatic N) is 1. The van der Waals surface area contributed by atoms with Crippen LogP contribution in [0.1, 0.15) is 53.5 Å². The quantitative estimate of drug-likeness (QED) is 0.656. The number of hydrogen-bond acceptors (Lipinski definition) is 1. The van der Waals surface area contributed by atoms with E-state index in [0.717, 1.165) is 17.9 Å². The van der Waals surface area contributed by atoms with Crippen LogP contribution in [0, 0.1) is 5.92 Å². The van der Waals surface area contributed by atoms with Gasteiger partial charge in [-0.25, -0.2) is 0 Å². The first-order chi connectivity index (χ1) is 9.17. The van der Waals surface area contributed by atoms with E-state index >= 15 is 0 Å². The largest absolute Gasteiger partial charge is 0.256 e. The molecule has 1 heteroatoms. The third kappa shape index (κ3) is 6.95. The molecule has 0 amide bonds. The number of aryl methyl sites for hydroxylation is 1. The molecule has 0 unspecified atom stereocenters. The van der Waals surface area contributed by atoms with Crippen molar-refractivity contribution in [2.45, 2.75) is 54.4 Å². The average molecular weight is 259 g/mol. The van der Waals surface area contributed by atoms with Gasteiger partial charge in [0.25, 0.3) is 0 Å². The number of para-hydroxylation sites is 1. The summed E-state index contributed by atoms with van der Waals surface area (Å²) in [6.45, 7) is 12.8. The first kappa shape index (κ1) is 17.6. The number of aromatic nitrogens is 1. The average Bonchev–Trinajstić information content (AvgIpc) is 2.49. The van der Waals surface area contributed by atoms with Gasteiger partial charge in [0.05, 0.1) is 5.52 Å². The molecule has 1 nitrogen and oxygen atoms in total. The molecule has 0 saturated heterocycles. The molecule has 0 spiro atoms. The predicted octanol–water partition coefficient (Wildman–Crippen LogP) is 5.88. The van der Waals surface area contributed by atoms with Crippen LogP contribution in [-0.4, -0.2) is 4.98 Å². The Hall–Kier alpha value is -1.37. The second kappa shape index (κ2) is 10.5. The minimum Gasteiger partial charge on any atom is -0.256 e. The van der Waals surface area contributed by atoms with E-state index in [2.05, 4.69) is 44.8 Å². The molecule has 0 saturated carbocycles. The van der Waals surface area contributed by atoms with Gasteiger partial charge in [0.2, 0.25) is 0 Å². The fourth-order valence-electron chi connectivity index (χ4n) is 1.31. The lowest BCUT2D eigenvalue weighted by Gasteiger charge is -1.98. The molecular weight excluding hydrogens is 230 g/mol. The van der Waals surface area contributed by atoms with E-state index < -0.39 is 0 Å². The smallest absolute Gasteiger partial charge is 0.0702 e.